The van der Waals surface area contributed by atoms with Crippen LogP contribution in [0.1, 0.15) is 64.7 Å². The number of aliphatic hydroxyl groups is 1. The first-order chi connectivity index (χ1) is 6.91. The Bertz CT molecular complexity index is 118. The summed E-state index contributed by atoms with van der Waals surface area (Å²) < 4.78 is 0. The zero-order valence-electron chi connectivity index (χ0n) is 9.67. The van der Waals surface area contributed by atoms with Gasteiger partial charge in [0.1, 0.15) is 0 Å². The van der Waals surface area contributed by atoms with E-state index >= 15 is 0 Å². The van der Waals surface area contributed by atoms with Gasteiger partial charge in [0.15, 0.2) is 0 Å². The Morgan fingerprint density at radius 3 is 1.79 bits per heavy atom. The minimum atomic E-state index is 0.364. The Balaban J connectivity index is 2.85. The zero-order valence-corrected chi connectivity index (χ0v) is 9.67. The Morgan fingerprint density at radius 2 is 1.29 bits per heavy atom. The first-order valence-electron chi connectivity index (χ1n) is 6.14. The van der Waals surface area contributed by atoms with Gasteiger partial charge in [-0.3, -0.25) is 0 Å². The molecule has 0 aliphatic rings. The standard InChI is InChI=1S/C13H26O/c1-2-3-4-5-6-7-8-9-10-11-12-13-14/h2-3,14H,4-13H2,1H3/b3-2+. The van der Waals surface area contributed by atoms with Crippen LogP contribution >= 0.6 is 0 Å². The molecule has 0 atom stereocenters. The van der Waals surface area contributed by atoms with Crippen LogP contribution in [-0.4, -0.2) is 11.7 Å². The average Bonchev–Trinajstić information content (AvgIpc) is 2.21. The van der Waals surface area contributed by atoms with Gasteiger partial charge < -0.3 is 5.11 Å². The molecule has 0 aromatic carbocycles. The van der Waals surface area contributed by atoms with E-state index in [1.165, 1.54) is 51.4 Å². The normalized spacial score (nSPS) is 11.3. The number of unbranched alkanes of at least 4 members (excludes halogenated alkanes) is 8. The topological polar surface area (TPSA) is 20.2 Å². The highest BCUT2D eigenvalue weighted by Gasteiger charge is 1.90. The monoisotopic (exact) mass is 198 g/mol. The quantitative estimate of drug-likeness (QED) is 0.414. The maximum Gasteiger partial charge on any atom is 0.0431 e. The van der Waals surface area contributed by atoms with E-state index in [1.807, 2.05) is 0 Å². The first-order valence-corrected chi connectivity index (χ1v) is 6.14. The highest BCUT2D eigenvalue weighted by molar-refractivity contribution is 4.76. The minimum absolute atomic E-state index is 0.364. The second kappa shape index (κ2) is 12.7. The molecule has 1 heteroatoms. The van der Waals surface area contributed by atoms with Crippen molar-refractivity contribution in [1.82, 2.24) is 0 Å². The summed E-state index contributed by atoms with van der Waals surface area (Å²) in [4.78, 5) is 0. The zero-order chi connectivity index (χ0) is 10.5. The van der Waals surface area contributed by atoms with Crippen molar-refractivity contribution in [2.45, 2.75) is 64.7 Å². The van der Waals surface area contributed by atoms with Crippen LogP contribution in [0.4, 0.5) is 0 Å². The summed E-state index contributed by atoms with van der Waals surface area (Å²) >= 11 is 0. The summed E-state index contributed by atoms with van der Waals surface area (Å²) in [6, 6.07) is 0. The van der Waals surface area contributed by atoms with Crippen molar-refractivity contribution in [3.63, 3.8) is 0 Å². The molecular formula is C13H26O. The number of hydrogen-bond donors (Lipinski definition) is 1. The van der Waals surface area contributed by atoms with Gasteiger partial charge in [0, 0.05) is 6.61 Å². The van der Waals surface area contributed by atoms with Crippen molar-refractivity contribution in [1.29, 1.82) is 0 Å². The van der Waals surface area contributed by atoms with E-state index in [0.29, 0.717) is 6.61 Å². The number of hydrogen-bond acceptors (Lipinski definition) is 1. The van der Waals surface area contributed by atoms with E-state index in [9.17, 15) is 0 Å². The first kappa shape index (κ1) is 13.7. The Hall–Kier alpha value is -0.300. The fraction of sp³-hybridized carbons (Fsp3) is 0.846. The van der Waals surface area contributed by atoms with Gasteiger partial charge in [-0.05, 0) is 26.2 Å². The van der Waals surface area contributed by atoms with Crippen molar-refractivity contribution >= 4 is 0 Å². The third-order valence-electron chi connectivity index (χ3n) is 2.51. The third-order valence-corrected chi connectivity index (χ3v) is 2.51. The molecule has 0 bridgehead atoms. The van der Waals surface area contributed by atoms with Gasteiger partial charge in [0.05, 0.1) is 0 Å². The Kier molecular flexibility index (Phi) is 12.4. The summed E-state index contributed by atoms with van der Waals surface area (Å²) in [5.41, 5.74) is 0. The van der Waals surface area contributed by atoms with Crippen LogP contribution in [0, 0.1) is 0 Å². The summed E-state index contributed by atoms with van der Waals surface area (Å²) in [6.07, 6.45) is 16.0. The van der Waals surface area contributed by atoms with E-state index in [-0.39, 0.29) is 0 Å². The highest BCUT2D eigenvalue weighted by Crippen LogP contribution is 2.09. The van der Waals surface area contributed by atoms with Gasteiger partial charge in [-0.25, -0.2) is 0 Å². The van der Waals surface area contributed by atoms with Crippen LogP contribution < -0.4 is 0 Å². The molecule has 0 radical (unpaired) electrons. The molecule has 0 saturated heterocycles. The van der Waals surface area contributed by atoms with Gasteiger partial charge in [-0.1, -0.05) is 50.7 Å². The van der Waals surface area contributed by atoms with E-state index < -0.39 is 0 Å². The number of aliphatic hydroxyl groups excluding tert-OH is 1. The highest BCUT2D eigenvalue weighted by atomic mass is 16.2. The largest absolute Gasteiger partial charge is 0.396 e. The van der Waals surface area contributed by atoms with Crippen LogP contribution in [0.3, 0.4) is 0 Å². The molecule has 0 aliphatic carbocycles. The van der Waals surface area contributed by atoms with Crippen molar-refractivity contribution in [2.75, 3.05) is 6.61 Å². The molecule has 0 fully saturated rings. The van der Waals surface area contributed by atoms with Crippen molar-refractivity contribution in [3.05, 3.63) is 12.2 Å². The molecule has 0 unspecified atom stereocenters. The maximum absolute atomic E-state index is 8.58. The molecule has 0 amide bonds. The average molecular weight is 198 g/mol. The van der Waals surface area contributed by atoms with Crippen LogP contribution in [0.5, 0.6) is 0 Å². The van der Waals surface area contributed by atoms with Gasteiger partial charge in [-0.15, -0.1) is 0 Å². The molecule has 0 aromatic heterocycles. The van der Waals surface area contributed by atoms with Crippen molar-refractivity contribution in [2.24, 2.45) is 0 Å². The van der Waals surface area contributed by atoms with Crippen LogP contribution in [0.2, 0.25) is 0 Å². The summed E-state index contributed by atoms with van der Waals surface area (Å²) in [6.45, 7) is 2.45. The van der Waals surface area contributed by atoms with Crippen LogP contribution in [0.15, 0.2) is 12.2 Å². The molecule has 0 aromatic rings. The molecule has 0 heterocycles. The van der Waals surface area contributed by atoms with Crippen molar-refractivity contribution < 1.29 is 5.11 Å². The lowest BCUT2D eigenvalue weighted by Gasteiger charge is -2.00. The molecule has 0 spiro atoms. The lowest BCUT2D eigenvalue weighted by atomic mass is 10.1. The summed E-state index contributed by atoms with van der Waals surface area (Å²) in [5.74, 6) is 0. The lowest BCUT2D eigenvalue weighted by molar-refractivity contribution is 0.282. The number of allylic oxidation sites excluding steroid dienone is 2. The van der Waals surface area contributed by atoms with Gasteiger partial charge in [-0.2, -0.15) is 0 Å². The molecule has 0 aliphatic heterocycles. The molecule has 84 valence electrons. The lowest BCUT2D eigenvalue weighted by Crippen LogP contribution is -1.84. The fourth-order valence-electron chi connectivity index (χ4n) is 1.60. The second-order valence-corrected chi connectivity index (χ2v) is 3.91. The summed E-state index contributed by atoms with van der Waals surface area (Å²) in [5, 5.41) is 8.58. The number of rotatable bonds is 10. The van der Waals surface area contributed by atoms with E-state index in [4.69, 9.17) is 5.11 Å². The molecule has 1 nitrogen and oxygen atoms in total. The van der Waals surface area contributed by atoms with Crippen LogP contribution in [-0.2, 0) is 0 Å². The molecule has 14 heavy (non-hydrogen) atoms. The smallest absolute Gasteiger partial charge is 0.0431 e. The van der Waals surface area contributed by atoms with Gasteiger partial charge >= 0.3 is 0 Å². The van der Waals surface area contributed by atoms with Gasteiger partial charge in [0.2, 0.25) is 0 Å². The van der Waals surface area contributed by atoms with Crippen LogP contribution in [0.25, 0.3) is 0 Å². The second-order valence-electron chi connectivity index (χ2n) is 3.91. The minimum Gasteiger partial charge on any atom is -0.396 e. The van der Waals surface area contributed by atoms with E-state index in [0.717, 1.165) is 6.42 Å². The molecule has 0 rings (SSSR count). The van der Waals surface area contributed by atoms with Crippen molar-refractivity contribution in [3.8, 4) is 0 Å². The van der Waals surface area contributed by atoms with E-state index in [1.54, 1.807) is 0 Å². The summed E-state index contributed by atoms with van der Waals surface area (Å²) in [7, 11) is 0. The Morgan fingerprint density at radius 1 is 0.786 bits per heavy atom. The third kappa shape index (κ3) is 11.7. The molecule has 1 N–H and O–H groups in total. The maximum atomic E-state index is 8.58. The van der Waals surface area contributed by atoms with E-state index in [2.05, 4.69) is 19.1 Å². The SMILES string of the molecule is C/C=C/CCCCCCCCCCO. The predicted molar refractivity (Wildman–Crippen MR) is 63.5 cm³/mol. The fourth-order valence-corrected chi connectivity index (χ4v) is 1.60. The Labute approximate surface area is 89.2 Å². The molecular weight excluding hydrogens is 172 g/mol. The van der Waals surface area contributed by atoms with Gasteiger partial charge in [0.25, 0.3) is 0 Å². The molecule has 0 saturated carbocycles. The predicted octanol–water partition coefficient (Wildman–Crippen LogP) is 4.07.